The lowest BCUT2D eigenvalue weighted by Gasteiger charge is -2.50. The van der Waals surface area contributed by atoms with E-state index in [1.165, 1.54) is 0 Å². The smallest absolute Gasteiger partial charge is 0.306 e. The molecule has 8 heteroatoms. The average Bonchev–Trinajstić information content (AvgIpc) is 3.30. The molecule has 0 bridgehead atoms. The SMILES string of the molecule is CC1=C[C@H]2[C@@]3(O)[C@H](C)C[C@]4(OC(=O)CCCCCCCCCCCC(=O)O)[C@H]([C@@H]3C=C(CO)C[C@]2(O)C1=O)C4(C)C. The van der Waals surface area contributed by atoms with Crippen molar-refractivity contribution in [2.75, 3.05) is 6.61 Å². The number of aliphatic carboxylic acids is 1. The molecule has 230 valence electrons. The Labute approximate surface area is 244 Å². The van der Waals surface area contributed by atoms with Crippen molar-refractivity contribution in [1.29, 1.82) is 0 Å². The number of aliphatic hydroxyl groups is 3. The van der Waals surface area contributed by atoms with Crippen LogP contribution in [0.1, 0.15) is 111 Å². The van der Waals surface area contributed by atoms with E-state index >= 15 is 0 Å². The first-order valence-electron chi connectivity index (χ1n) is 15.7. The maximum absolute atomic E-state index is 13.1. The van der Waals surface area contributed by atoms with Crippen LogP contribution in [0.4, 0.5) is 0 Å². The first kappa shape index (κ1) is 31.9. The number of carbonyl (C=O) groups excluding carboxylic acids is 2. The van der Waals surface area contributed by atoms with Crippen molar-refractivity contribution >= 4 is 17.7 Å². The molecule has 0 saturated heterocycles. The van der Waals surface area contributed by atoms with Crippen LogP contribution in [-0.2, 0) is 19.1 Å². The molecular weight excluding hydrogens is 524 g/mol. The summed E-state index contributed by atoms with van der Waals surface area (Å²) in [5.41, 5.74) is -3.37. The Kier molecular flexibility index (Phi) is 9.28. The maximum Gasteiger partial charge on any atom is 0.306 e. The zero-order valence-corrected chi connectivity index (χ0v) is 25.3. The summed E-state index contributed by atoms with van der Waals surface area (Å²) in [6, 6.07) is 0. The Morgan fingerprint density at radius 1 is 0.951 bits per heavy atom. The minimum atomic E-state index is -1.79. The lowest BCUT2D eigenvalue weighted by atomic mass is 9.60. The predicted octanol–water partition coefficient (Wildman–Crippen LogP) is 4.89. The number of unbranched alkanes of at least 4 members (excludes halogenated alkanes) is 8. The van der Waals surface area contributed by atoms with Crippen molar-refractivity contribution in [3.63, 3.8) is 0 Å². The van der Waals surface area contributed by atoms with E-state index < -0.39 is 45.8 Å². The Morgan fingerprint density at radius 2 is 1.51 bits per heavy atom. The molecule has 0 aliphatic heterocycles. The Bertz CT molecular complexity index is 1090. The number of fused-ring (bicyclic) bond motifs is 5. The van der Waals surface area contributed by atoms with Gasteiger partial charge < -0.3 is 25.2 Å². The normalized spacial score (nSPS) is 36.8. The van der Waals surface area contributed by atoms with Crippen LogP contribution in [0.15, 0.2) is 23.3 Å². The zero-order valence-electron chi connectivity index (χ0n) is 25.3. The van der Waals surface area contributed by atoms with E-state index in [1.807, 2.05) is 13.0 Å². The van der Waals surface area contributed by atoms with Crippen molar-refractivity contribution in [3.8, 4) is 0 Å². The van der Waals surface area contributed by atoms with Gasteiger partial charge in [-0.2, -0.15) is 0 Å². The monoisotopic (exact) mass is 574 g/mol. The summed E-state index contributed by atoms with van der Waals surface area (Å²) in [6.45, 7) is 7.41. The van der Waals surface area contributed by atoms with E-state index in [4.69, 9.17) is 9.84 Å². The maximum atomic E-state index is 13.1. The molecule has 4 aliphatic carbocycles. The second-order valence-electron chi connectivity index (χ2n) is 13.9. The van der Waals surface area contributed by atoms with Crippen molar-refractivity contribution in [2.45, 2.75) is 128 Å². The van der Waals surface area contributed by atoms with Crippen molar-refractivity contribution in [1.82, 2.24) is 0 Å². The summed E-state index contributed by atoms with van der Waals surface area (Å²) >= 11 is 0. The summed E-state index contributed by atoms with van der Waals surface area (Å²) in [7, 11) is 0. The molecule has 7 atom stereocenters. The molecule has 4 aliphatic rings. The van der Waals surface area contributed by atoms with Gasteiger partial charge in [0.2, 0.25) is 0 Å². The number of Topliss-reactive ketones (excluding diaryl/α,β-unsaturated/α-hetero) is 1. The number of carbonyl (C=O) groups is 3. The molecule has 0 aromatic rings. The number of aliphatic hydroxyl groups excluding tert-OH is 1. The summed E-state index contributed by atoms with van der Waals surface area (Å²) < 4.78 is 6.29. The molecule has 8 nitrogen and oxygen atoms in total. The Morgan fingerprint density at radius 3 is 2.07 bits per heavy atom. The van der Waals surface area contributed by atoms with Gasteiger partial charge in [0.25, 0.3) is 0 Å². The van der Waals surface area contributed by atoms with Gasteiger partial charge in [-0.15, -0.1) is 0 Å². The molecule has 41 heavy (non-hydrogen) atoms. The van der Waals surface area contributed by atoms with Gasteiger partial charge >= 0.3 is 11.9 Å². The van der Waals surface area contributed by atoms with Crippen LogP contribution in [-0.4, -0.2) is 61.6 Å². The minimum absolute atomic E-state index is 0.0168. The first-order chi connectivity index (χ1) is 19.3. The first-order valence-corrected chi connectivity index (χ1v) is 15.7. The van der Waals surface area contributed by atoms with Crippen LogP contribution in [0.3, 0.4) is 0 Å². The second-order valence-corrected chi connectivity index (χ2v) is 13.9. The fourth-order valence-electron chi connectivity index (χ4n) is 8.63. The Balaban J connectivity index is 1.34. The van der Waals surface area contributed by atoms with Gasteiger partial charge in [-0.25, -0.2) is 0 Å². The highest BCUT2D eigenvalue weighted by Crippen LogP contribution is 2.76. The quantitative estimate of drug-likeness (QED) is 0.131. The van der Waals surface area contributed by atoms with Crippen molar-refractivity contribution in [2.24, 2.45) is 29.1 Å². The van der Waals surface area contributed by atoms with Crippen LogP contribution in [0.25, 0.3) is 0 Å². The molecule has 0 aromatic carbocycles. The van der Waals surface area contributed by atoms with Gasteiger partial charge in [0.15, 0.2) is 5.78 Å². The lowest BCUT2D eigenvalue weighted by Crippen LogP contribution is -2.61. The van der Waals surface area contributed by atoms with E-state index in [1.54, 1.807) is 13.0 Å². The number of carboxylic acids is 1. The van der Waals surface area contributed by atoms with Gasteiger partial charge in [0, 0.05) is 42.4 Å². The third-order valence-electron chi connectivity index (χ3n) is 10.9. The molecule has 0 spiro atoms. The summed E-state index contributed by atoms with van der Waals surface area (Å²) in [4.78, 5) is 36.7. The van der Waals surface area contributed by atoms with E-state index in [9.17, 15) is 29.7 Å². The largest absolute Gasteiger partial charge is 0.481 e. The van der Waals surface area contributed by atoms with Gasteiger partial charge in [0.05, 0.1) is 12.2 Å². The molecule has 0 amide bonds. The molecule has 0 heterocycles. The number of ether oxygens (including phenoxy) is 1. The van der Waals surface area contributed by atoms with E-state index in [0.717, 1.165) is 57.8 Å². The number of rotatable bonds is 14. The van der Waals surface area contributed by atoms with Gasteiger partial charge in [-0.3, -0.25) is 14.4 Å². The molecule has 0 unspecified atom stereocenters. The minimum Gasteiger partial charge on any atom is -0.481 e. The highest BCUT2D eigenvalue weighted by Gasteiger charge is 2.83. The van der Waals surface area contributed by atoms with Gasteiger partial charge in [-0.05, 0) is 43.3 Å². The van der Waals surface area contributed by atoms with Crippen LogP contribution < -0.4 is 0 Å². The molecule has 4 N–H and O–H groups in total. The molecule has 2 fully saturated rings. The third kappa shape index (κ3) is 5.56. The predicted molar refractivity (Wildman–Crippen MR) is 154 cm³/mol. The highest BCUT2D eigenvalue weighted by molar-refractivity contribution is 6.04. The Hall–Kier alpha value is -2.03. The average molecular weight is 575 g/mol. The number of esters is 1. The number of hydrogen-bond acceptors (Lipinski definition) is 7. The molecule has 0 aromatic heterocycles. The highest BCUT2D eigenvalue weighted by atomic mass is 16.6. The summed E-state index contributed by atoms with van der Waals surface area (Å²) in [5, 5.41) is 42.8. The lowest BCUT2D eigenvalue weighted by molar-refractivity contribution is -0.187. The third-order valence-corrected chi connectivity index (χ3v) is 10.9. The summed E-state index contributed by atoms with van der Waals surface area (Å²) in [5.74, 6) is -3.16. The number of hydrogen-bond donors (Lipinski definition) is 4. The molecule has 0 radical (unpaired) electrons. The van der Waals surface area contributed by atoms with E-state index in [-0.39, 0.29) is 37.3 Å². The van der Waals surface area contributed by atoms with Crippen LogP contribution in [0, 0.1) is 29.1 Å². The topological polar surface area (TPSA) is 141 Å². The summed E-state index contributed by atoms with van der Waals surface area (Å²) in [6.07, 6.45) is 13.5. The number of ketones is 1. The van der Waals surface area contributed by atoms with E-state index in [2.05, 4.69) is 13.8 Å². The van der Waals surface area contributed by atoms with Gasteiger partial charge in [0.1, 0.15) is 11.2 Å². The fraction of sp³-hybridized carbons (Fsp3) is 0.788. The van der Waals surface area contributed by atoms with Crippen LogP contribution >= 0.6 is 0 Å². The second kappa shape index (κ2) is 11.9. The van der Waals surface area contributed by atoms with Crippen molar-refractivity contribution in [3.05, 3.63) is 23.3 Å². The zero-order chi connectivity index (χ0) is 30.2. The standard InChI is InChI=1S/C33H50O8/c1-21-16-25-31(39,29(21)38)19-23(20-34)17-24-28-30(3,4)32(28,18-22(2)33(24,25)40)41-27(37)15-13-11-9-7-5-6-8-10-12-14-26(35)36/h16-17,22,24-25,28,34,39-40H,5-15,18-20H2,1-4H3,(H,35,36)/t22-,24+,25-,28-,31-,32+,33-/m1/s1. The number of carboxylic acid groups (broad SMARTS) is 1. The molecule has 4 rings (SSSR count). The molecular formula is C33H50O8. The van der Waals surface area contributed by atoms with E-state index in [0.29, 0.717) is 24.0 Å². The van der Waals surface area contributed by atoms with Crippen molar-refractivity contribution < 1.29 is 39.5 Å². The fourth-order valence-corrected chi connectivity index (χ4v) is 8.63. The van der Waals surface area contributed by atoms with Crippen LogP contribution in [0.2, 0.25) is 0 Å². The molecule has 2 saturated carbocycles. The van der Waals surface area contributed by atoms with Crippen LogP contribution in [0.5, 0.6) is 0 Å². The van der Waals surface area contributed by atoms with Gasteiger partial charge in [-0.1, -0.05) is 77.9 Å².